The standard InChI is InChI=1S/C16H19N3O2/c1-2-3-12-20-15-8-4-13(5-9-15)18-19-14-6-10-16(21-17)11-7-14/h4-11H,2-3,12,17H2,1H3. The zero-order valence-electron chi connectivity index (χ0n) is 12.0. The fourth-order valence-corrected chi connectivity index (χ4v) is 1.65. The number of nitrogens with zero attached hydrogens (tertiary/aromatic N) is 2. The molecule has 0 saturated heterocycles. The van der Waals surface area contributed by atoms with Gasteiger partial charge in [0.15, 0.2) is 0 Å². The molecule has 2 aromatic carbocycles. The monoisotopic (exact) mass is 285 g/mol. The van der Waals surface area contributed by atoms with Gasteiger partial charge in [-0.1, -0.05) is 13.3 Å². The SMILES string of the molecule is CCCCOc1ccc(N=Nc2ccc(ON)cc2)cc1. The minimum Gasteiger partial charge on any atom is -0.494 e. The maximum absolute atomic E-state index is 5.59. The highest BCUT2D eigenvalue weighted by Gasteiger charge is 1.96. The summed E-state index contributed by atoms with van der Waals surface area (Å²) in [5, 5.41) is 8.31. The van der Waals surface area contributed by atoms with Crippen LogP contribution in [0.2, 0.25) is 0 Å². The molecule has 0 saturated carbocycles. The summed E-state index contributed by atoms with van der Waals surface area (Å²) < 4.78 is 5.59. The van der Waals surface area contributed by atoms with E-state index in [0.29, 0.717) is 5.75 Å². The van der Waals surface area contributed by atoms with Gasteiger partial charge in [0.25, 0.3) is 0 Å². The van der Waals surface area contributed by atoms with E-state index in [9.17, 15) is 0 Å². The molecule has 0 unspecified atom stereocenters. The summed E-state index contributed by atoms with van der Waals surface area (Å²) in [6.07, 6.45) is 2.18. The van der Waals surface area contributed by atoms with Crippen molar-refractivity contribution >= 4 is 11.4 Å². The van der Waals surface area contributed by atoms with Crippen LogP contribution in [0.4, 0.5) is 11.4 Å². The Morgan fingerprint density at radius 2 is 1.38 bits per heavy atom. The first-order chi connectivity index (χ1) is 10.3. The smallest absolute Gasteiger partial charge is 0.146 e. The molecule has 0 amide bonds. The third-order valence-corrected chi connectivity index (χ3v) is 2.86. The molecule has 0 bridgehead atoms. The summed E-state index contributed by atoms with van der Waals surface area (Å²) in [7, 11) is 0. The van der Waals surface area contributed by atoms with Gasteiger partial charge in [-0.3, -0.25) is 0 Å². The predicted octanol–water partition coefficient (Wildman–Crippen LogP) is 4.53. The van der Waals surface area contributed by atoms with Crippen LogP contribution in [0.1, 0.15) is 19.8 Å². The summed E-state index contributed by atoms with van der Waals surface area (Å²) >= 11 is 0. The van der Waals surface area contributed by atoms with E-state index in [-0.39, 0.29) is 0 Å². The van der Waals surface area contributed by atoms with Crippen molar-refractivity contribution in [2.24, 2.45) is 16.1 Å². The second-order valence-electron chi connectivity index (χ2n) is 4.51. The lowest BCUT2D eigenvalue weighted by Gasteiger charge is -2.04. The van der Waals surface area contributed by atoms with Crippen LogP contribution in [0.5, 0.6) is 11.5 Å². The molecule has 0 aliphatic rings. The summed E-state index contributed by atoms with van der Waals surface area (Å²) in [4.78, 5) is 4.60. The van der Waals surface area contributed by atoms with Gasteiger partial charge in [0.1, 0.15) is 11.5 Å². The highest BCUT2D eigenvalue weighted by molar-refractivity contribution is 5.44. The normalized spacial score (nSPS) is 10.8. The topological polar surface area (TPSA) is 69.2 Å². The number of hydrogen-bond acceptors (Lipinski definition) is 5. The van der Waals surface area contributed by atoms with Crippen molar-refractivity contribution < 1.29 is 9.57 Å². The zero-order chi connectivity index (χ0) is 14.9. The van der Waals surface area contributed by atoms with E-state index in [2.05, 4.69) is 22.0 Å². The van der Waals surface area contributed by atoms with E-state index in [4.69, 9.17) is 10.6 Å². The number of unbranched alkanes of at least 4 members (excludes halogenated alkanes) is 1. The maximum atomic E-state index is 5.59. The van der Waals surface area contributed by atoms with Crippen LogP contribution >= 0.6 is 0 Å². The van der Waals surface area contributed by atoms with Gasteiger partial charge in [0.2, 0.25) is 0 Å². The van der Waals surface area contributed by atoms with E-state index in [1.807, 2.05) is 24.3 Å². The second kappa shape index (κ2) is 8.01. The first kappa shape index (κ1) is 15.0. The molecular formula is C16H19N3O2. The van der Waals surface area contributed by atoms with Gasteiger partial charge in [0, 0.05) is 0 Å². The number of benzene rings is 2. The van der Waals surface area contributed by atoms with Crippen molar-refractivity contribution in [3.05, 3.63) is 48.5 Å². The molecular weight excluding hydrogens is 266 g/mol. The van der Waals surface area contributed by atoms with Gasteiger partial charge in [0.05, 0.1) is 18.0 Å². The molecule has 0 aliphatic carbocycles. The molecule has 2 aromatic rings. The average molecular weight is 285 g/mol. The summed E-state index contributed by atoms with van der Waals surface area (Å²) in [5.41, 5.74) is 1.51. The van der Waals surface area contributed by atoms with Gasteiger partial charge in [-0.15, -0.1) is 0 Å². The first-order valence-corrected chi connectivity index (χ1v) is 6.93. The van der Waals surface area contributed by atoms with Gasteiger partial charge in [-0.25, -0.2) is 0 Å². The Bertz CT molecular complexity index is 565. The molecule has 0 heterocycles. The molecule has 0 fully saturated rings. The minimum absolute atomic E-state index is 0.586. The Balaban J connectivity index is 1.93. The molecule has 2 N–H and O–H groups in total. The van der Waals surface area contributed by atoms with E-state index in [1.54, 1.807) is 24.3 Å². The number of hydrogen-bond donors (Lipinski definition) is 1. The highest BCUT2D eigenvalue weighted by Crippen LogP contribution is 2.22. The number of azo groups is 1. The molecule has 5 heteroatoms. The van der Waals surface area contributed by atoms with Crippen LogP contribution in [0.25, 0.3) is 0 Å². The average Bonchev–Trinajstić information content (AvgIpc) is 2.55. The summed E-state index contributed by atoms with van der Waals surface area (Å²) in [5.74, 6) is 6.50. The molecule has 0 atom stereocenters. The number of nitrogens with two attached hydrogens (primary N) is 1. The highest BCUT2D eigenvalue weighted by atomic mass is 16.6. The van der Waals surface area contributed by atoms with Crippen LogP contribution in [-0.4, -0.2) is 6.61 Å². The first-order valence-electron chi connectivity index (χ1n) is 6.93. The van der Waals surface area contributed by atoms with Crippen LogP contribution < -0.4 is 15.5 Å². The van der Waals surface area contributed by atoms with E-state index in [1.165, 1.54) is 0 Å². The van der Waals surface area contributed by atoms with Crippen molar-refractivity contribution in [2.45, 2.75) is 19.8 Å². The third-order valence-electron chi connectivity index (χ3n) is 2.86. The second-order valence-corrected chi connectivity index (χ2v) is 4.51. The minimum atomic E-state index is 0.586. The van der Waals surface area contributed by atoms with Gasteiger partial charge in [-0.05, 0) is 55.0 Å². The predicted molar refractivity (Wildman–Crippen MR) is 82.3 cm³/mol. The molecule has 0 spiro atoms. The Morgan fingerprint density at radius 1 is 0.857 bits per heavy atom. The van der Waals surface area contributed by atoms with Crippen molar-refractivity contribution in [3.8, 4) is 11.5 Å². The van der Waals surface area contributed by atoms with E-state index < -0.39 is 0 Å². The van der Waals surface area contributed by atoms with Crippen molar-refractivity contribution in [3.63, 3.8) is 0 Å². The zero-order valence-corrected chi connectivity index (χ0v) is 12.0. The maximum Gasteiger partial charge on any atom is 0.146 e. The molecule has 2 rings (SSSR count). The molecule has 0 aromatic heterocycles. The van der Waals surface area contributed by atoms with Gasteiger partial charge in [-0.2, -0.15) is 16.1 Å². The number of rotatable bonds is 7. The van der Waals surface area contributed by atoms with Crippen LogP contribution in [0, 0.1) is 0 Å². The largest absolute Gasteiger partial charge is 0.494 e. The molecule has 0 aliphatic heterocycles. The number of ether oxygens (including phenoxy) is 1. The van der Waals surface area contributed by atoms with Gasteiger partial charge < -0.3 is 9.57 Å². The Morgan fingerprint density at radius 3 is 1.86 bits per heavy atom. The fraction of sp³-hybridized carbons (Fsp3) is 0.250. The van der Waals surface area contributed by atoms with Crippen LogP contribution in [-0.2, 0) is 0 Å². The van der Waals surface area contributed by atoms with Crippen LogP contribution in [0.15, 0.2) is 58.8 Å². The van der Waals surface area contributed by atoms with Crippen molar-refractivity contribution in [1.29, 1.82) is 0 Å². The summed E-state index contributed by atoms with van der Waals surface area (Å²) in [6, 6.07) is 14.6. The van der Waals surface area contributed by atoms with Crippen LogP contribution in [0.3, 0.4) is 0 Å². The van der Waals surface area contributed by atoms with E-state index in [0.717, 1.165) is 36.6 Å². The lowest BCUT2D eigenvalue weighted by atomic mass is 10.3. The van der Waals surface area contributed by atoms with Crippen molar-refractivity contribution in [2.75, 3.05) is 6.61 Å². The molecule has 5 nitrogen and oxygen atoms in total. The third kappa shape index (κ3) is 4.89. The Labute approximate surface area is 124 Å². The molecule has 110 valence electrons. The van der Waals surface area contributed by atoms with Crippen molar-refractivity contribution in [1.82, 2.24) is 0 Å². The summed E-state index contributed by atoms with van der Waals surface area (Å²) in [6.45, 7) is 2.88. The quantitative estimate of drug-likeness (QED) is 0.461. The Kier molecular flexibility index (Phi) is 5.72. The Hall–Kier alpha value is -2.40. The lowest BCUT2D eigenvalue weighted by Crippen LogP contribution is -2.00. The van der Waals surface area contributed by atoms with E-state index >= 15 is 0 Å². The molecule has 0 radical (unpaired) electrons. The van der Waals surface area contributed by atoms with Gasteiger partial charge >= 0.3 is 0 Å². The fourth-order valence-electron chi connectivity index (χ4n) is 1.65. The lowest BCUT2D eigenvalue weighted by molar-refractivity contribution is 0.309. The molecule has 21 heavy (non-hydrogen) atoms.